The first kappa shape index (κ1) is 10.4. The molecular formula is C10H12N4O2. The van der Waals surface area contributed by atoms with Crippen LogP contribution >= 0.6 is 0 Å². The minimum atomic E-state index is -0.217. The van der Waals surface area contributed by atoms with Crippen LogP contribution in [0, 0.1) is 0 Å². The number of nitrogens with one attached hydrogen (secondary N) is 1. The van der Waals surface area contributed by atoms with Crippen molar-refractivity contribution in [3.63, 3.8) is 0 Å². The molecule has 2 aromatic rings. The quantitative estimate of drug-likeness (QED) is 0.832. The maximum absolute atomic E-state index is 11.3. The summed E-state index contributed by atoms with van der Waals surface area (Å²) in [4.78, 5) is 18.0. The number of hydrogen-bond donors (Lipinski definition) is 1. The van der Waals surface area contributed by atoms with Crippen LogP contribution in [0.25, 0.3) is 0 Å². The van der Waals surface area contributed by atoms with Crippen molar-refractivity contribution in [1.82, 2.24) is 19.7 Å². The molecule has 2 heterocycles. The summed E-state index contributed by atoms with van der Waals surface area (Å²) < 4.78 is 7.02. The largest absolute Gasteiger partial charge is 0.435 e. The Labute approximate surface area is 91.9 Å². The van der Waals surface area contributed by atoms with Crippen LogP contribution in [0.3, 0.4) is 0 Å². The monoisotopic (exact) mass is 220 g/mol. The van der Waals surface area contributed by atoms with Crippen LogP contribution in [0.2, 0.25) is 0 Å². The number of aromatic amines is 1. The van der Waals surface area contributed by atoms with Crippen LogP contribution in [-0.4, -0.2) is 19.7 Å². The molecule has 0 aliphatic rings. The van der Waals surface area contributed by atoms with E-state index >= 15 is 0 Å². The second-order valence-corrected chi connectivity index (χ2v) is 3.34. The van der Waals surface area contributed by atoms with Gasteiger partial charge in [-0.2, -0.15) is 10.1 Å². The lowest BCUT2D eigenvalue weighted by Gasteiger charge is -2.02. The standard InChI is InChI=1S/C10H12N4O2/c1-3-8-12-9(15)4-10(13-8)16-7-5-11-14(2)6-7/h4-6H,3H2,1-2H3,(H,12,13,15). The lowest BCUT2D eigenvalue weighted by Crippen LogP contribution is -2.10. The summed E-state index contributed by atoms with van der Waals surface area (Å²) in [6, 6.07) is 1.31. The fourth-order valence-corrected chi connectivity index (χ4v) is 1.28. The van der Waals surface area contributed by atoms with E-state index in [1.165, 1.54) is 6.07 Å². The Kier molecular flexibility index (Phi) is 2.72. The van der Waals surface area contributed by atoms with Gasteiger partial charge in [0.05, 0.1) is 18.5 Å². The highest BCUT2D eigenvalue weighted by molar-refractivity contribution is 5.20. The van der Waals surface area contributed by atoms with E-state index in [4.69, 9.17) is 4.74 Å². The topological polar surface area (TPSA) is 72.8 Å². The smallest absolute Gasteiger partial charge is 0.254 e. The van der Waals surface area contributed by atoms with Crippen molar-refractivity contribution in [2.24, 2.45) is 7.05 Å². The lowest BCUT2D eigenvalue weighted by atomic mass is 10.4. The molecular weight excluding hydrogens is 208 g/mol. The molecule has 0 amide bonds. The van der Waals surface area contributed by atoms with E-state index in [2.05, 4.69) is 15.1 Å². The van der Waals surface area contributed by atoms with E-state index in [0.717, 1.165) is 0 Å². The number of aromatic nitrogens is 4. The first-order chi connectivity index (χ1) is 7.67. The molecule has 0 fully saturated rings. The van der Waals surface area contributed by atoms with E-state index in [-0.39, 0.29) is 11.4 Å². The van der Waals surface area contributed by atoms with Gasteiger partial charge in [-0.3, -0.25) is 9.48 Å². The third-order valence-electron chi connectivity index (χ3n) is 2.01. The summed E-state index contributed by atoms with van der Waals surface area (Å²) in [7, 11) is 1.79. The normalized spacial score (nSPS) is 10.4. The zero-order chi connectivity index (χ0) is 11.5. The zero-order valence-electron chi connectivity index (χ0n) is 9.10. The number of rotatable bonds is 3. The molecule has 84 valence electrons. The van der Waals surface area contributed by atoms with Gasteiger partial charge in [0.2, 0.25) is 5.88 Å². The molecule has 6 nitrogen and oxygen atoms in total. The maximum Gasteiger partial charge on any atom is 0.254 e. The van der Waals surface area contributed by atoms with Crippen LogP contribution in [0.1, 0.15) is 12.7 Å². The number of H-pyrrole nitrogens is 1. The molecule has 0 aliphatic carbocycles. The SMILES string of the molecule is CCc1nc(Oc2cnn(C)c2)cc(=O)[nH]1. The number of nitrogens with zero attached hydrogens (tertiary/aromatic N) is 3. The van der Waals surface area contributed by atoms with E-state index in [9.17, 15) is 4.79 Å². The highest BCUT2D eigenvalue weighted by Gasteiger charge is 2.03. The zero-order valence-corrected chi connectivity index (χ0v) is 9.10. The Hall–Kier alpha value is -2.11. The molecule has 0 bridgehead atoms. The molecule has 0 atom stereocenters. The molecule has 16 heavy (non-hydrogen) atoms. The van der Waals surface area contributed by atoms with Gasteiger partial charge in [0.1, 0.15) is 5.82 Å². The average molecular weight is 220 g/mol. The Morgan fingerprint density at radius 2 is 2.38 bits per heavy atom. The van der Waals surface area contributed by atoms with Crippen LogP contribution in [0.15, 0.2) is 23.3 Å². The molecule has 1 N–H and O–H groups in total. The van der Waals surface area contributed by atoms with E-state index < -0.39 is 0 Å². The number of hydrogen-bond acceptors (Lipinski definition) is 4. The summed E-state index contributed by atoms with van der Waals surface area (Å²) in [5.41, 5.74) is -0.217. The molecule has 2 aromatic heterocycles. The van der Waals surface area contributed by atoms with Crippen molar-refractivity contribution in [3.8, 4) is 11.6 Å². The second-order valence-electron chi connectivity index (χ2n) is 3.34. The third kappa shape index (κ3) is 2.28. The predicted molar refractivity (Wildman–Crippen MR) is 57.5 cm³/mol. The first-order valence-electron chi connectivity index (χ1n) is 4.94. The highest BCUT2D eigenvalue weighted by Crippen LogP contribution is 2.16. The van der Waals surface area contributed by atoms with E-state index in [1.54, 1.807) is 24.1 Å². The molecule has 0 radical (unpaired) electrons. The van der Waals surface area contributed by atoms with E-state index in [0.29, 0.717) is 18.0 Å². The lowest BCUT2D eigenvalue weighted by molar-refractivity contribution is 0.457. The van der Waals surface area contributed by atoms with Crippen molar-refractivity contribution in [3.05, 3.63) is 34.6 Å². The predicted octanol–water partition coefficient (Wildman–Crippen LogP) is 0.858. The van der Waals surface area contributed by atoms with Crippen molar-refractivity contribution < 1.29 is 4.74 Å². The van der Waals surface area contributed by atoms with Crippen molar-refractivity contribution in [2.45, 2.75) is 13.3 Å². The van der Waals surface area contributed by atoms with Gasteiger partial charge < -0.3 is 9.72 Å². The Bertz CT molecular complexity index is 544. The molecule has 0 unspecified atom stereocenters. The van der Waals surface area contributed by atoms with Crippen molar-refractivity contribution >= 4 is 0 Å². The van der Waals surface area contributed by atoms with Crippen LogP contribution in [-0.2, 0) is 13.5 Å². The fraction of sp³-hybridized carbons (Fsp3) is 0.300. The van der Waals surface area contributed by atoms with E-state index in [1.807, 2.05) is 6.92 Å². The maximum atomic E-state index is 11.3. The minimum Gasteiger partial charge on any atom is -0.435 e. The van der Waals surface area contributed by atoms with Gasteiger partial charge in [-0.1, -0.05) is 6.92 Å². The fourth-order valence-electron chi connectivity index (χ4n) is 1.28. The molecule has 0 aromatic carbocycles. The van der Waals surface area contributed by atoms with Crippen molar-refractivity contribution in [1.29, 1.82) is 0 Å². The molecule has 0 spiro atoms. The summed E-state index contributed by atoms with van der Waals surface area (Å²) in [6.07, 6.45) is 3.92. The Morgan fingerprint density at radius 3 is 3.00 bits per heavy atom. The summed E-state index contributed by atoms with van der Waals surface area (Å²) in [5, 5.41) is 3.96. The van der Waals surface area contributed by atoms with Gasteiger partial charge in [0.25, 0.3) is 5.56 Å². The molecule has 0 aliphatic heterocycles. The average Bonchev–Trinajstić information content (AvgIpc) is 2.63. The van der Waals surface area contributed by atoms with Gasteiger partial charge in [-0.25, -0.2) is 0 Å². The van der Waals surface area contributed by atoms with Gasteiger partial charge in [0.15, 0.2) is 5.75 Å². The first-order valence-corrected chi connectivity index (χ1v) is 4.94. The number of ether oxygens (including phenoxy) is 1. The minimum absolute atomic E-state index is 0.217. The summed E-state index contributed by atoms with van der Waals surface area (Å²) in [5.74, 6) is 1.45. The molecule has 6 heteroatoms. The van der Waals surface area contributed by atoms with Gasteiger partial charge in [-0.15, -0.1) is 0 Å². The van der Waals surface area contributed by atoms with Crippen molar-refractivity contribution in [2.75, 3.05) is 0 Å². The summed E-state index contributed by atoms with van der Waals surface area (Å²) in [6.45, 7) is 1.91. The Morgan fingerprint density at radius 1 is 1.56 bits per heavy atom. The molecule has 2 rings (SSSR count). The van der Waals surface area contributed by atoms with Crippen LogP contribution < -0.4 is 10.3 Å². The molecule has 0 saturated carbocycles. The molecule has 0 saturated heterocycles. The van der Waals surface area contributed by atoms with Gasteiger partial charge in [0, 0.05) is 13.5 Å². The summed E-state index contributed by atoms with van der Waals surface area (Å²) >= 11 is 0. The number of aryl methyl sites for hydroxylation is 2. The second kappa shape index (κ2) is 4.18. The third-order valence-corrected chi connectivity index (χ3v) is 2.01. The van der Waals surface area contributed by atoms with Gasteiger partial charge >= 0.3 is 0 Å². The van der Waals surface area contributed by atoms with Crippen LogP contribution in [0.4, 0.5) is 0 Å². The highest BCUT2D eigenvalue weighted by atomic mass is 16.5. The van der Waals surface area contributed by atoms with Crippen LogP contribution in [0.5, 0.6) is 11.6 Å². The van der Waals surface area contributed by atoms with Gasteiger partial charge in [-0.05, 0) is 0 Å². The Balaban J connectivity index is 2.27.